The van der Waals surface area contributed by atoms with Crippen molar-refractivity contribution in [3.8, 4) is 0 Å². The molecule has 126 valence electrons. The first kappa shape index (κ1) is 16.5. The molecule has 0 atom stereocenters. The predicted octanol–water partition coefficient (Wildman–Crippen LogP) is 3.17. The molecule has 2 aromatic rings. The monoisotopic (exact) mass is 324 g/mol. The first-order valence-corrected chi connectivity index (χ1v) is 8.61. The van der Waals surface area contributed by atoms with Crippen molar-refractivity contribution in [2.24, 2.45) is 5.92 Å². The lowest BCUT2D eigenvalue weighted by atomic mass is 10.0. The topological polar surface area (TPSA) is 40.6 Å². The van der Waals surface area contributed by atoms with Crippen LogP contribution in [0.25, 0.3) is 10.8 Å². The molecule has 0 N–H and O–H groups in total. The molecule has 1 saturated heterocycles. The molecule has 3 rings (SSSR count). The first-order valence-electron chi connectivity index (χ1n) is 8.61. The lowest BCUT2D eigenvalue weighted by Crippen LogP contribution is -2.50. The lowest BCUT2D eigenvalue weighted by molar-refractivity contribution is -0.133. The van der Waals surface area contributed by atoms with E-state index in [-0.39, 0.29) is 11.8 Å². The molecule has 2 aromatic carbocycles. The summed E-state index contributed by atoms with van der Waals surface area (Å²) in [7, 11) is 0. The maximum atomic E-state index is 12.9. The van der Waals surface area contributed by atoms with Gasteiger partial charge in [-0.3, -0.25) is 9.59 Å². The minimum atomic E-state index is 0.0581. The molecule has 4 heteroatoms. The Balaban J connectivity index is 1.70. The number of amides is 2. The van der Waals surface area contributed by atoms with E-state index in [0.717, 1.165) is 16.3 Å². The van der Waals surface area contributed by atoms with Crippen molar-refractivity contribution in [2.45, 2.75) is 20.3 Å². The third kappa shape index (κ3) is 3.42. The van der Waals surface area contributed by atoms with Crippen molar-refractivity contribution in [2.75, 3.05) is 26.2 Å². The van der Waals surface area contributed by atoms with E-state index in [1.165, 1.54) is 0 Å². The van der Waals surface area contributed by atoms with E-state index in [0.29, 0.717) is 38.5 Å². The van der Waals surface area contributed by atoms with Gasteiger partial charge in [0.2, 0.25) is 5.91 Å². The number of nitrogens with zero attached hydrogens (tertiary/aromatic N) is 2. The average molecular weight is 324 g/mol. The zero-order valence-corrected chi connectivity index (χ0v) is 14.4. The number of piperazine rings is 1. The third-order valence-corrected chi connectivity index (χ3v) is 4.52. The Morgan fingerprint density at radius 3 is 2.25 bits per heavy atom. The molecule has 0 aromatic heterocycles. The smallest absolute Gasteiger partial charge is 0.254 e. The summed E-state index contributed by atoms with van der Waals surface area (Å²) < 4.78 is 0. The van der Waals surface area contributed by atoms with E-state index >= 15 is 0 Å². The molecule has 0 bridgehead atoms. The number of hydrogen-bond acceptors (Lipinski definition) is 2. The molecule has 1 aliphatic heterocycles. The van der Waals surface area contributed by atoms with Gasteiger partial charge in [0.25, 0.3) is 5.91 Å². The maximum absolute atomic E-state index is 12.9. The molecule has 4 nitrogen and oxygen atoms in total. The predicted molar refractivity (Wildman–Crippen MR) is 95.9 cm³/mol. The Kier molecular flexibility index (Phi) is 4.84. The van der Waals surface area contributed by atoms with Crippen LogP contribution in [0.1, 0.15) is 30.6 Å². The minimum Gasteiger partial charge on any atom is -0.339 e. The molecule has 0 saturated carbocycles. The molecule has 1 heterocycles. The van der Waals surface area contributed by atoms with E-state index < -0.39 is 0 Å². The molecule has 0 aliphatic carbocycles. The molecular formula is C20H24N2O2. The van der Waals surface area contributed by atoms with Crippen LogP contribution in [0, 0.1) is 5.92 Å². The molecule has 0 radical (unpaired) electrons. The SMILES string of the molecule is CC(C)CC(=O)N1CCN(C(=O)c2cccc3ccccc23)CC1. The Labute approximate surface area is 143 Å². The normalized spacial score (nSPS) is 15.1. The van der Waals surface area contributed by atoms with Gasteiger partial charge in [0.15, 0.2) is 0 Å². The highest BCUT2D eigenvalue weighted by Crippen LogP contribution is 2.21. The van der Waals surface area contributed by atoms with Gasteiger partial charge in [-0.2, -0.15) is 0 Å². The van der Waals surface area contributed by atoms with Crippen LogP contribution in [0.15, 0.2) is 42.5 Å². The van der Waals surface area contributed by atoms with Crippen molar-refractivity contribution >= 4 is 22.6 Å². The van der Waals surface area contributed by atoms with Crippen LogP contribution in [0.5, 0.6) is 0 Å². The van der Waals surface area contributed by atoms with Gasteiger partial charge in [-0.05, 0) is 22.8 Å². The van der Waals surface area contributed by atoms with Crippen LogP contribution in [0.2, 0.25) is 0 Å². The van der Waals surface area contributed by atoms with Gasteiger partial charge in [-0.25, -0.2) is 0 Å². The van der Waals surface area contributed by atoms with Crippen LogP contribution >= 0.6 is 0 Å². The largest absolute Gasteiger partial charge is 0.339 e. The second-order valence-corrected chi connectivity index (χ2v) is 6.80. The summed E-state index contributed by atoms with van der Waals surface area (Å²) in [6, 6.07) is 13.8. The lowest BCUT2D eigenvalue weighted by Gasteiger charge is -2.35. The number of fused-ring (bicyclic) bond motifs is 1. The molecule has 2 amide bonds. The maximum Gasteiger partial charge on any atom is 0.254 e. The second-order valence-electron chi connectivity index (χ2n) is 6.80. The van der Waals surface area contributed by atoms with Gasteiger partial charge in [-0.1, -0.05) is 50.2 Å². The highest BCUT2D eigenvalue weighted by molar-refractivity contribution is 6.07. The molecular weight excluding hydrogens is 300 g/mol. The summed E-state index contributed by atoms with van der Waals surface area (Å²) in [5.41, 5.74) is 0.745. The van der Waals surface area contributed by atoms with E-state index in [9.17, 15) is 9.59 Å². The van der Waals surface area contributed by atoms with Crippen molar-refractivity contribution in [1.82, 2.24) is 9.80 Å². The summed E-state index contributed by atoms with van der Waals surface area (Å²) in [6.07, 6.45) is 0.581. The standard InChI is InChI=1S/C20H24N2O2/c1-15(2)14-19(23)21-10-12-22(13-11-21)20(24)18-9-5-7-16-6-3-4-8-17(16)18/h3-9,15H,10-14H2,1-2H3. The molecule has 1 aliphatic rings. The zero-order valence-electron chi connectivity index (χ0n) is 14.4. The van der Waals surface area contributed by atoms with Crippen molar-refractivity contribution in [1.29, 1.82) is 0 Å². The highest BCUT2D eigenvalue weighted by Gasteiger charge is 2.25. The average Bonchev–Trinajstić information content (AvgIpc) is 2.60. The quantitative estimate of drug-likeness (QED) is 0.870. The summed E-state index contributed by atoms with van der Waals surface area (Å²) in [4.78, 5) is 28.8. The fourth-order valence-electron chi connectivity index (χ4n) is 3.22. The van der Waals surface area contributed by atoms with Crippen LogP contribution in [-0.2, 0) is 4.79 Å². The summed E-state index contributed by atoms with van der Waals surface area (Å²) >= 11 is 0. The fourth-order valence-corrected chi connectivity index (χ4v) is 3.22. The van der Waals surface area contributed by atoms with Crippen LogP contribution in [0.4, 0.5) is 0 Å². The van der Waals surface area contributed by atoms with Crippen LogP contribution in [0.3, 0.4) is 0 Å². The Bertz CT molecular complexity index is 741. The van der Waals surface area contributed by atoms with Gasteiger partial charge in [-0.15, -0.1) is 0 Å². The Morgan fingerprint density at radius 1 is 0.917 bits per heavy atom. The van der Waals surface area contributed by atoms with Gasteiger partial charge in [0.1, 0.15) is 0 Å². The molecule has 0 spiro atoms. The second kappa shape index (κ2) is 7.04. The number of carbonyl (C=O) groups excluding carboxylic acids is 2. The Hall–Kier alpha value is -2.36. The fraction of sp³-hybridized carbons (Fsp3) is 0.400. The number of carbonyl (C=O) groups is 2. The summed E-state index contributed by atoms with van der Waals surface area (Å²) in [5, 5.41) is 2.07. The number of benzene rings is 2. The van der Waals surface area contributed by atoms with Gasteiger partial charge in [0.05, 0.1) is 0 Å². The van der Waals surface area contributed by atoms with Crippen LogP contribution in [-0.4, -0.2) is 47.8 Å². The van der Waals surface area contributed by atoms with Crippen molar-refractivity contribution in [3.63, 3.8) is 0 Å². The van der Waals surface area contributed by atoms with Crippen LogP contribution < -0.4 is 0 Å². The summed E-state index contributed by atoms with van der Waals surface area (Å²) in [5.74, 6) is 0.623. The molecule has 0 unspecified atom stereocenters. The highest BCUT2D eigenvalue weighted by atomic mass is 16.2. The first-order chi connectivity index (χ1) is 11.6. The van der Waals surface area contributed by atoms with E-state index in [4.69, 9.17) is 0 Å². The zero-order chi connectivity index (χ0) is 17.1. The van der Waals surface area contributed by atoms with E-state index in [1.54, 1.807) is 0 Å². The number of rotatable bonds is 3. The minimum absolute atomic E-state index is 0.0581. The molecule has 1 fully saturated rings. The molecule has 24 heavy (non-hydrogen) atoms. The summed E-state index contributed by atoms with van der Waals surface area (Å²) in [6.45, 7) is 6.57. The van der Waals surface area contributed by atoms with Gasteiger partial charge < -0.3 is 9.80 Å². The van der Waals surface area contributed by atoms with Crippen molar-refractivity contribution in [3.05, 3.63) is 48.0 Å². The van der Waals surface area contributed by atoms with Crippen molar-refractivity contribution < 1.29 is 9.59 Å². The van der Waals surface area contributed by atoms with E-state index in [1.807, 2.05) is 52.3 Å². The van der Waals surface area contributed by atoms with Gasteiger partial charge in [0, 0.05) is 38.2 Å². The Morgan fingerprint density at radius 2 is 1.54 bits per heavy atom. The van der Waals surface area contributed by atoms with E-state index in [2.05, 4.69) is 13.8 Å². The van der Waals surface area contributed by atoms with Gasteiger partial charge >= 0.3 is 0 Å². The number of hydrogen-bond donors (Lipinski definition) is 0. The third-order valence-electron chi connectivity index (χ3n) is 4.52.